The van der Waals surface area contributed by atoms with Crippen LogP contribution >= 0.6 is 11.6 Å². The van der Waals surface area contributed by atoms with Crippen molar-refractivity contribution >= 4 is 17.3 Å². The predicted octanol–water partition coefficient (Wildman–Crippen LogP) is 2.62. The van der Waals surface area contributed by atoms with Crippen molar-refractivity contribution in [3.8, 4) is 11.5 Å². The van der Waals surface area contributed by atoms with Crippen molar-refractivity contribution < 1.29 is 14.4 Å². The maximum Gasteiger partial charge on any atom is 0.334 e. The lowest BCUT2D eigenvalue weighted by atomic mass is 10.2. The summed E-state index contributed by atoms with van der Waals surface area (Å²) in [5.41, 5.74) is -0.435. The zero-order chi connectivity index (χ0) is 16.4. The highest BCUT2D eigenvalue weighted by Crippen LogP contribution is 2.38. The second-order valence-corrected chi connectivity index (χ2v) is 5.45. The number of benzene rings is 1. The molecule has 1 aromatic carbocycles. The van der Waals surface area contributed by atoms with Gasteiger partial charge in [-0.2, -0.15) is 0 Å². The Bertz CT molecular complexity index is 818. The molecule has 0 N–H and O–H groups in total. The van der Waals surface area contributed by atoms with Crippen molar-refractivity contribution in [2.75, 3.05) is 13.2 Å². The predicted molar refractivity (Wildman–Crippen MR) is 83.5 cm³/mol. The first kappa shape index (κ1) is 15.4. The van der Waals surface area contributed by atoms with E-state index in [-0.39, 0.29) is 6.54 Å². The summed E-state index contributed by atoms with van der Waals surface area (Å²) in [6, 6.07) is 6.04. The van der Waals surface area contributed by atoms with Gasteiger partial charge in [0.15, 0.2) is 11.5 Å². The molecule has 0 atom stereocenters. The fraction of sp³-hybridized carbons (Fsp3) is 0.267. The third kappa shape index (κ3) is 3.14. The summed E-state index contributed by atoms with van der Waals surface area (Å²) >= 11 is 6.21. The monoisotopic (exact) mass is 336 g/mol. The van der Waals surface area contributed by atoms with Crippen molar-refractivity contribution in [1.82, 2.24) is 4.57 Å². The number of hydrogen-bond acceptors (Lipinski definition) is 5. The van der Waals surface area contributed by atoms with Gasteiger partial charge in [-0.15, -0.1) is 0 Å². The summed E-state index contributed by atoms with van der Waals surface area (Å²) in [5.74, 6) is 1.00. The van der Waals surface area contributed by atoms with E-state index >= 15 is 0 Å². The van der Waals surface area contributed by atoms with Gasteiger partial charge in [0.2, 0.25) is 0 Å². The third-order valence-corrected chi connectivity index (χ3v) is 3.69. The van der Waals surface area contributed by atoms with Gasteiger partial charge in [0.25, 0.3) is 0 Å². The molecule has 1 aromatic heterocycles. The average molecular weight is 337 g/mol. The van der Waals surface area contributed by atoms with Gasteiger partial charge in [-0.3, -0.25) is 14.9 Å². The molecule has 120 valence electrons. The molecule has 0 radical (unpaired) electrons. The standard InChI is InChI=1S/C15H13ClN2O5/c16-11-7-10(8-13-14(11)23-6-2-5-22-13)9-17-4-1-3-12(15(17)19)18(20)21/h1,3-4,7-8H,2,5-6,9H2. The van der Waals surface area contributed by atoms with Gasteiger partial charge in [0.05, 0.1) is 29.7 Å². The number of rotatable bonds is 3. The molecule has 0 saturated carbocycles. The van der Waals surface area contributed by atoms with Crippen molar-refractivity contribution in [3.63, 3.8) is 0 Å². The lowest BCUT2D eigenvalue weighted by Gasteiger charge is -2.12. The lowest BCUT2D eigenvalue weighted by Crippen LogP contribution is -2.22. The third-order valence-electron chi connectivity index (χ3n) is 3.41. The van der Waals surface area contributed by atoms with Crippen LogP contribution in [0.15, 0.2) is 35.3 Å². The summed E-state index contributed by atoms with van der Waals surface area (Å²) in [6.45, 7) is 1.19. The molecule has 3 rings (SSSR count). The maximum atomic E-state index is 12.1. The van der Waals surface area contributed by atoms with Gasteiger partial charge in [-0.1, -0.05) is 11.6 Å². The number of hydrogen-bond donors (Lipinski definition) is 0. The van der Waals surface area contributed by atoms with Gasteiger partial charge in [0.1, 0.15) is 0 Å². The Labute approximate surface area is 136 Å². The summed E-state index contributed by atoms with van der Waals surface area (Å²) in [5, 5.41) is 11.2. The number of fused-ring (bicyclic) bond motifs is 1. The number of pyridine rings is 1. The minimum atomic E-state index is -0.695. The molecule has 0 bridgehead atoms. The largest absolute Gasteiger partial charge is 0.489 e. The van der Waals surface area contributed by atoms with E-state index in [0.29, 0.717) is 35.3 Å². The molecule has 0 saturated heterocycles. The Balaban J connectivity index is 1.97. The van der Waals surface area contributed by atoms with Crippen LogP contribution in [0, 0.1) is 10.1 Å². The van der Waals surface area contributed by atoms with E-state index < -0.39 is 16.2 Å². The number of ether oxygens (including phenoxy) is 2. The number of nitro groups is 1. The normalized spacial score (nSPS) is 13.4. The Morgan fingerprint density at radius 1 is 1.30 bits per heavy atom. The molecule has 2 aromatic rings. The summed E-state index contributed by atoms with van der Waals surface area (Å²) in [4.78, 5) is 22.2. The molecular weight excluding hydrogens is 324 g/mol. The topological polar surface area (TPSA) is 83.6 Å². The fourth-order valence-electron chi connectivity index (χ4n) is 2.36. The Hall–Kier alpha value is -2.54. The smallest absolute Gasteiger partial charge is 0.334 e. The first-order valence-corrected chi connectivity index (χ1v) is 7.36. The van der Waals surface area contributed by atoms with Crippen LogP contribution in [0.25, 0.3) is 0 Å². The molecule has 0 aliphatic carbocycles. The van der Waals surface area contributed by atoms with E-state index in [9.17, 15) is 14.9 Å². The summed E-state index contributed by atoms with van der Waals surface area (Å²) < 4.78 is 12.4. The molecule has 0 unspecified atom stereocenters. The van der Waals surface area contributed by atoms with Gasteiger partial charge >= 0.3 is 11.2 Å². The van der Waals surface area contributed by atoms with Crippen LogP contribution in [-0.4, -0.2) is 22.7 Å². The minimum Gasteiger partial charge on any atom is -0.489 e. The lowest BCUT2D eigenvalue weighted by molar-refractivity contribution is -0.386. The summed E-state index contributed by atoms with van der Waals surface area (Å²) in [6.07, 6.45) is 2.25. The van der Waals surface area contributed by atoms with E-state index in [0.717, 1.165) is 6.42 Å². The van der Waals surface area contributed by atoms with Gasteiger partial charge in [-0.05, 0) is 23.8 Å². The maximum absolute atomic E-state index is 12.1. The van der Waals surface area contributed by atoms with Crippen molar-refractivity contribution in [2.45, 2.75) is 13.0 Å². The molecule has 0 spiro atoms. The number of nitrogens with zero attached hydrogens (tertiary/aromatic N) is 2. The Morgan fingerprint density at radius 3 is 2.87 bits per heavy atom. The first-order valence-electron chi connectivity index (χ1n) is 6.98. The summed E-state index contributed by atoms with van der Waals surface area (Å²) in [7, 11) is 0. The molecule has 0 fully saturated rings. The van der Waals surface area contributed by atoms with E-state index in [2.05, 4.69) is 0 Å². The molecule has 23 heavy (non-hydrogen) atoms. The van der Waals surface area contributed by atoms with Gasteiger partial charge < -0.3 is 14.0 Å². The molecule has 2 heterocycles. The van der Waals surface area contributed by atoms with E-state index in [1.54, 1.807) is 12.1 Å². The fourth-order valence-corrected chi connectivity index (χ4v) is 2.65. The second-order valence-electron chi connectivity index (χ2n) is 5.04. The van der Waals surface area contributed by atoms with Crippen LogP contribution in [0.5, 0.6) is 11.5 Å². The number of aromatic nitrogens is 1. The number of halogens is 1. The molecule has 0 amide bonds. The van der Waals surface area contributed by atoms with Crippen LogP contribution in [0.2, 0.25) is 5.02 Å². The van der Waals surface area contributed by atoms with Crippen LogP contribution in [0.4, 0.5) is 5.69 Å². The molecule has 8 heteroatoms. The molecule has 7 nitrogen and oxygen atoms in total. The SMILES string of the molecule is O=c1c([N+](=O)[O-])cccn1Cc1cc(Cl)c2c(c1)OCCCO2. The highest BCUT2D eigenvalue weighted by atomic mass is 35.5. The van der Waals surface area contributed by atoms with Crippen LogP contribution < -0.4 is 15.0 Å². The van der Waals surface area contributed by atoms with Crippen molar-refractivity contribution in [3.05, 3.63) is 61.5 Å². The zero-order valence-corrected chi connectivity index (χ0v) is 12.8. The highest BCUT2D eigenvalue weighted by Gasteiger charge is 2.17. The van der Waals surface area contributed by atoms with Gasteiger partial charge in [-0.25, -0.2) is 0 Å². The molecular formula is C15H13ClN2O5. The van der Waals surface area contributed by atoms with E-state index in [1.807, 2.05) is 0 Å². The van der Waals surface area contributed by atoms with Crippen LogP contribution in [0.1, 0.15) is 12.0 Å². The molecule has 1 aliphatic heterocycles. The van der Waals surface area contributed by atoms with Crippen LogP contribution in [-0.2, 0) is 6.54 Å². The Kier molecular flexibility index (Phi) is 4.20. The first-order chi connectivity index (χ1) is 11.1. The van der Waals surface area contributed by atoms with Crippen LogP contribution in [0.3, 0.4) is 0 Å². The average Bonchev–Trinajstić information content (AvgIpc) is 2.75. The van der Waals surface area contributed by atoms with Crippen molar-refractivity contribution in [2.24, 2.45) is 0 Å². The van der Waals surface area contributed by atoms with E-state index in [1.165, 1.54) is 22.9 Å². The van der Waals surface area contributed by atoms with Gasteiger partial charge in [0, 0.05) is 18.7 Å². The zero-order valence-electron chi connectivity index (χ0n) is 12.0. The minimum absolute atomic E-state index is 0.150. The quantitative estimate of drug-likeness (QED) is 0.635. The highest BCUT2D eigenvalue weighted by molar-refractivity contribution is 6.32. The molecule has 1 aliphatic rings. The second kappa shape index (κ2) is 6.29. The Morgan fingerprint density at radius 2 is 2.09 bits per heavy atom. The van der Waals surface area contributed by atoms with E-state index in [4.69, 9.17) is 21.1 Å². The van der Waals surface area contributed by atoms with Crippen molar-refractivity contribution in [1.29, 1.82) is 0 Å².